The highest BCUT2D eigenvalue weighted by molar-refractivity contribution is 8.00. The molecule has 1 saturated heterocycles. The molecular weight excluding hydrogens is 412 g/mol. The van der Waals surface area contributed by atoms with Crippen molar-refractivity contribution in [2.45, 2.75) is 49.4 Å². The standard InChI is InChI=1S/C21H22N4O3S.C2H6/c1-2-15-11-23-19(12-22-15)24-21(26)20(25-28-16-9-10-27-13-16)14-3-5-17(6-4-14)29-18-7-8-18;1-2/h2-6,11-12,16,18H,1,7-10,13H2,(H,23,24,26);1-2H3/b25-20+;/t16-;/m1./s1. The van der Waals surface area contributed by atoms with Gasteiger partial charge in [0.1, 0.15) is 0 Å². The van der Waals surface area contributed by atoms with Gasteiger partial charge in [0, 0.05) is 22.1 Å². The monoisotopic (exact) mass is 440 g/mol. The molecular formula is C23H28N4O3S. The van der Waals surface area contributed by atoms with Gasteiger partial charge in [-0.2, -0.15) is 0 Å². The van der Waals surface area contributed by atoms with Gasteiger partial charge in [-0.15, -0.1) is 11.8 Å². The minimum absolute atomic E-state index is 0.144. The van der Waals surface area contributed by atoms with Crippen molar-refractivity contribution < 1.29 is 14.4 Å². The third kappa shape index (κ3) is 6.90. The van der Waals surface area contributed by atoms with Gasteiger partial charge in [-0.1, -0.05) is 37.7 Å². The maximum Gasteiger partial charge on any atom is 0.279 e. The summed E-state index contributed by atoms with van der Waals surface area (Å²) < 4.78 is 5.31. The van der Waals surface area contributed by atoms with E-state index in [0.717, 1.165) is 11.7 Å². The van der Waals surface area contributed by atoms with E-state index in [9.17, 15) is 4.79 Å². The van der Waals surface area contributed by atoms with Crippen LogP contribution in [-0.2, 0) is 14.4 Å². The van der Waals surface area contributed by atoms with Crippen LogP contribution >= 0.6 is 11.8 Å². The minimum Gasteiger partial charge on any atom is -0.389 e. The van der Waals surface area contributed by atoms with E-state index < -0.39 is 5.91 Å². The average Bonchev–Trinajstić information content (AvgIpc) is 3.47. The van der Waals surface area contributed by atoms with Gasteiger partial charge in [0.25, 0.3) is 5.91 Å². The molecule has 1 aromatic carbocycles. The van der Waals surface area contributed by atoms with Crippen LogP contribution < -0.4 is 5.32 Å². The number of hydrogen-bond donors (Lipinski definition) is 1. The zero-order valence-corrected chi connectivity index (χ0v) is 18.7. The van der Waals surface area contributed by atoms with Crippen LogP contribution in [-0.4, -0.2) is 46.2 Å². The molecule has 2 heterocycles. The third-order valence-electron chi connectivity index (χ3n) is 4.47. The lowest BCUT2D eigenvalue weighted by molar-refractivity contribution is -0.110. The van der Waals surface area contributed by atoms with Gasteiger partial charge in [-0.25, -0.2) is 4.98 Å². The molecule has 7 nitrogen and oxygen atoms in total. The minimum atomic E-state index is -0.410. The maximum absolute atomic E-state index is 12.9. The molecule has 1 saturated carbocycles. The number of anilines is 1. The summed E-state index contributed by atoms with van der Waals surface area (Å²) in [6, 6.07) is 7.81. The third-order valence-corrected chi connectivity index (χ3v) is 5.82. The topological polar surface area (TPSA) is 85.7 Å². The van der Waals surface area contributed by atoms with Crippen molar-refractivity contribution in [2.75, 3.05) is 18.5 Å². The predicted molar refractivity (Wildman–Crippen MR) is 124 cm³/mol. The second kappa shape index (κ2) is 11.6. The van der Waals surface area contributed by atoms with E-state index in [0.29, 0.717) is 30.3 Å². The fourth-order valence-corrected chi connectivity index (χ4v) is 3.75. The number of aromatic nitrogens is 2. The van der Waals surface area contributed by atoms with Crippen molar-refractivity contribution in [3.63, 3.8) is 0 Å². The number of nitrogens with zero attached hydrogens (tertiary/aromatic N) is 3. The van der Waals surface area contributed by atoms with Gasteiger partial charge in [0.05, 0.1) is 31.3 Å². The molecule has 0 radical (unpaired) electrons. The van der Waals surface area contributed by atoms with Gasteiger partial charge in [-0.3, -0.25) is 9.78 Å². The number of rotatable bonds is 8. The highest BCUT2D eigenvalue weighted by Crippen LogP contribution is 2.39. The number of ether oxygens (including phenoxy) is 1. The van der Waals surface area contributed by atoms with Crippen LogP contribution in [0.15, 0.2) is 53.3 Å². The fourth-order valence-electron chi connectivity index (χ4n) is 2.70. The lowest BCUT2D eigenvalue weighted by Gasteiger charge is -2.11. The summed E-state index contributed by atoms with van der Waals surface area (Å²) in [4.78, 5) is 28.0. The quantitative estimate of drug-likeness (QED) is 0.479. The van der Waals surface area contributed by atoms with E-state index in [2.05, 4.69) is 27.0 Å². The number of carbonyl (C=O) groups excluding carboxylic acids is 1. The van der Waals surface area contributed by atoms with E-state index >= 15 is 0 Å². The Morgan fingerprint density at radius 3 is 2.58 bits per heavy atom. The SMILES string of the molecule is C=Cc1cnc(NC(=O)/C(=N/O[C@@H]2CCOC2)c2ccc(SC3CC3)cc2)cn1.CC. The van der Waals surface area contributed by atoms with Gasteiger partial charge in [0.2, 0.25) is 0 Å². The van der Waals surface area contributed by atoms with E-state index in [4.69, 9.17) is 9.57 Å². The van der Waals surface area contributed by atoms with Crippen molar-refractivity contribution in [3.05, 3.63) is 54.5 Å². The molecule has 0 bridgehead atoms. The summed E-state index contributed by atoms with van der Waals surface area (Å²) in [6.45, 7) is 8.76. The van der Waals surface area contributed by atoms with Crippen molar-refractivity contribution in [1.82, 2.24) is 9.97 Å². The van der Waals surface area contributed by atoms with E-state index in [1.54, 1.807) is 6.08 Å². The summed E-state index contributed by atoms with van der Waals surface area (Å²) in [5.74, 6) is -0.0782. The van der Waals surface area contributed by atoms with Crippen LogP contribution in [0.25, 0.3) is 6.08 Å². The van der Waals surface area contributed by atoms with Crippen LogP contribution in [0.4, 0.5) is 5.82 Å². The largest absolute Gasteiger partial charge is 0.389 e. The van der Waals surface area contributed by atoms with E-state index in [1.807, 2.05) is 49.9 Å². The fraction of sp³-hybridized carbons (Fsp3) is 0.391. The zero-order valence-electron chi connectivity index (χ0n) is 17.9. The first kappa shape index (κ1) is 23.0. The predicted octanol–water partition coefficient (Wildman–Crippen LogP) is 4.55. The Bertz CT molecular complexity index is 890. The molecule has 31 heavy (non-hydrogen) atoms. The number of benzene rings is 1. The number of thioether (sulfide) groups is 1. The summed E-state index contributed by atoms with van der Waals surface area (Å²) in [6.07, 6.45) is 7.75. The number of hydrogen-bond acceptors (Lipinski definition) is 7. The van der Waals surface area contributed by atoms with Crippen LogP contribution in [0.5, 0.6) is 0 Å². The van der Waals surface area contributed by atoms with Crippen molar-refractivity contribution in [3.8, 4) is 0 Å². The van der Waals surface area contributed by atoms with Crippen LogP contribution in [0.1, 0.15) is 44.4 Å². The molecule has 0 unspecified atom stereocenters. The van der Waals surface area contributed by atoms with Gasteiger partial charge in [0.15, 0.2) is 17.6 Å². The first-order valence-corrected chi connectivity index (χ1v) is 11.4. The second-order valence-electron chi connectivity index (χ2n) is 6.86. The number of amides is 1. The summed E-state index contributed by atoms with van der Waals surface area (Å²) >= 11 is 1.86. The smallest absolute Gasteiger partial charge is 0.279 e. The summed E-state index contributed by atoms with van der Waals surface area (Å²) in [5.41, 5.74) is 1.50. The molecule has 164 valence electrons. The molecule has 1 amide bonds. The number of carbonyl (C=O) groups is 1. The Kier molecular flexibility index (Phi) is 8.61. The molecule has 2 aromatic rings. The maximum atomic E-state index is 12.9. The summed E-state index contributed by atoms with van der Waals surface area (Å²) in [5, 5.41) is 7.61. The molecule has 2 fully saturated rings. The van der Waals surface area contributed by atoms with Gasteiger partial charge >= 0.3 is 0 Å². The van der Waals surface area contributed by atoms with Gasteiger partial charge in [-0.05, 0) is 31.1 Å². The molecule has 1 aliphatic heterocycles. The van der Waals surface area contributed by atoms with Crippen LogP contribution in [0.3, 0.4) is 0 Å². The lowest BCUT2D eigenvalue weighted by atomic mass is 10.1. The molecule has 1 atom stereocenters. The Labute approximate surface area is 187 Å². The molecule has 1 aliphatic carbocycles. The second-order valence-corrected chi connectivity index (χ2v) is 8.23. The lowest BCUT2D eigenvalue weighted by Crippen LogP contribution is -2.25. The first-order chi connectivity index (χ1) is 15.2. The Morgan fingerprint density at radius 1 is 1.23 bits per heavy atom. The summed E-state index contributed by atoms with van der Waals surface area (Å²) in [7, 11) is 0. The average molecular weight is 441 g/mol. The molecule has 1 N–H and O–H groups in total. The van der Waals surface area contributed by atoms with Crippen LogP contribution in [0.2, 0.25) is 0 Å². The normalized spacial score (nSPS) is 18.0. The van der Waals surface area contributed by atoms with Crippen molar-refractivity contribution >= 4 is 35.3 Å². The zero-order chi connectivity index (χ0) is 22.1. The molecule has 2 aliphatic rings. The first-order valence-electron chi connectivity index (χ1n) is 10.6. The Hall–Kier alpha value is -2.71. The molecule has 0 spiro atoms. The van der Waals surface area contributed by atoms with Crippen molar-refractivity contribution in [2.24, 2.45) is 5.16 Å². The molecule has 8 heteroatoms. The Morgan fingerprint density at radius 2 is 2.00 bits per heavy atom. The van der Waals surface area contributed by atoms with E-state index in [-0.39, 0.29) is 11.8 Å². The van der Waals surface area contributed by atoms with E-state index in [1.165, 1.54) is 30.1 Å². The highest BCUT2D eigenvalue weighted by atomic mass is 32.2. The number of oxime groups is 1. The molecule has 4 rings (SSSR count). The van der Waals surface area contributed by atoms with Gasteiger partial charge < -0.3 is 14.9 Å². The highest BCUT2D eigenvalue weighted by Gasteiger charge is 2.23. The molecule has 1 aromatic heterocycles. The van der Waals surface area contributed by atoms with Crippen LogP contribution in [0, 0.1) is 0 Å². The number of nitrogens with one attached hydrogen (secondary N) is 1. The Balaban J connectivity index is 0.00000132. The van der Waals surface area contributed by atoms with Crippen molar-refractivity contribution in [1.29, 1.82) is 0 Å².